The van der Waals surface area contributed by atoms with Crippen molar-refractivity contribution < 1.29 is 10.2 Å². The van der Waals surface area contributed by atoms with Crippen LogP contribution in [0.3, 0.4) is 0 Å². The van der Waals surface area contributed by atoms with E-state index in [0.717, 1.165) is 13.1 Å². The second-order valence-corrected chi connectivity index (χ2v) is 5.42. The molecule has 0 aliphatic heterocycles. The molecule has 1 aromatic heterocycles. The summed E-state index contributed by atoms with van der Waals surface area (Å²) in [5.74, 6) is 0.160. The van der Waals surface area contributed by atoms with Crippen LogP contribution >= 0.6 is 0 Å². The minimum Gasteiger partial charge on any atom is -0.503 e. The van der Waals surface area contributed by atoms with E-state index in [1.165, 1.54) is 6.07 Å². The lowest BCUT2D eigenvalue weighted by Gasteiger charge is -2.25. The number of hydrogen-bond donors (Lipinski definition) is 2. The van der Waals surface area contributed by atoms with Crippen LogP contribution in [-0.4, -0.2) is 32.8 Å². The summed E-state index contributed by atoms with van der Waals surface area (Å²) >= 11 is 0. The summed E-state index contributed by atoms with van der Waals surface area (Å²) in [6.07, 6.45) is 0. The highest BCUT2D eigenvalue weighted by Gasteiger charge is 2.17. The van der Waals surface area contributed by atoms with E-state index in [1.54, 1.807) is 0 Å². The van der Waals surface area contributed by atoms with Gasteiger partial charge in [0.2, 0.25) is 5.43 Å². The van der Waals surface area contributed by atoms with Gasteiger partial charge in [0, 0.05) is 24.8 Å². The number of aliphatic hydroxyl groups is 1. The molecule has 0 aliphatic rings. The standard InChI is InChI=1S/C15H26N2O3/c1-5-16(6-2)9-13-15(20)14(19)7-12(10-18)17(13)8-11(3)4/h7,11,18,20H,5-6,8-10H2,1-4H3. The average molecular weight is 282 g/mol. The summed E-state index contributed by atoms with van der Waals surface area (Å²) in [5, 5.41) is 19.6. The molecule has 0 aliphatic carbocycles. The second kappa shape index (κ2) is 7.45. The molecule has 0 aromatic carbocycles. The van der Waals surface area contributed by atoms with Crippen molar-refractivity contribution in [3.05, 3.63) is 27.7 Å². The van der Waals surface area contributed by atoms with Gasteiger partial charge in [-0.3, -0.25) is 9.69 Å². The van der Waals surface area contributed by atoms with E-state index in [9.17, 15) is 15.0 Å². The molecule has 1 rings (SSSR count). The van der Waals surface area contributed by atoms with Crippen molar-refractivity contribution in [1.82, 2.24) is 9.47 Å². The molecular formula is C15H26N2O3. The van der Waals surface area contributed by atoms with Crippen molar-refractivity contribution in [2.24, 2.45) is 5.92 Å². The molecule has 114 valence electrons. The molecule has 1 heterocycles. The Morgan fingerprint density at radius 2 is 1.90 bits per heavy atom. The van der Waals surface area contributed by atoms with Crippen LogP contribution in [0.15, 0.2) is 10.9 Å². The third-order valence-corrected chi connectivity index (χ3v) is 3.45. The molecule has 0 atom stereocenters. The molecule has 0 fully saturated rings. The van der Waals surface area contributed by atoms with Crippen LogP contribution in [0.5, 0.6) is 5.75 Å². The Balaban J connectivity index is 3.35. The first-order valence-electron chi connectivity index (χ1n) is 7.22. The number of pyridine rings is 1. The van der Waals surface area contributed by atoms with Gasteiger partial charge >= 0.3 is 0 Å². The van der Waals surface area contributed by atoms with E-state index in [1.807, 2.05) is 18.4 Å². The minimum atomic E-state index is -0.420. The van der Waals surface area contributed by atoms with Gasteiger partial charge in [0.25, 0.3) is 0 Å². The lowest BCUT2D eigenvalue weighted by atomic mass is 10.1. The van der Waals surface area contributed by atoms with Crippen molar-refractivity contribution >= 4 is 0 Å². The monoisotopic (exact) mass is 282 g/mol. The van der Waals surface area contributed by atoms with Gasteiger partial charge in [-0.25, -0.2) is 0 Å². The van der Waals surface area contributed by atoms with Gasteiger partial charge in [-0.2, -0.15) is 0 Å². The summed E-state index contributed by atoms with van der Waals surface area (Å²) in [4.78, 5) is 14.0. The van der Waals surface area contributed by atoms with Crippen molar-refractivity contribution in [2.75, 3.05) is 13.1 Å². The fourth-order valence-corrected chi connectivity index (χ4v) is 2.28. The first-order valence-corrected chi connectivity index (χ1v) is 7.22. The molecule has 0 unspecified atom stereocenters. The zero-order chi connectivity index (χ0) is 15.3. The van der Waals surface area contributed by atoms with Crippen molar-refractivity contribution in [3.63, 3.8) is 0 Å². The quantitative estimate of drug-likeness (QED) is 0.796. The lowest BCUT2D eigenvalue weighted by molar-refractivity contribution is 0.252. The second-order valence-electron chi connectivity index (χ2n) is 5.42. The molecule has 5 nitrogen and oxygen atoms in total. The molecule has 2 N–H and O–H groups in total. The van der Waals surface area contributed by atoms with Gasteiger partial charge in [-0.15, -0.1) is 0 Å². The first kappa shape index (κ1) is 16.7. The summed E-state index contributed by atoms with van der Waals surface area (Å²) in [6.45, 7) is 10.9. The third kappa shape index (κ3) is 3.84. The Morgan fingerprint density at radius 1 is 1.30 bits per heavy atom. The SMILES string of the molecule is CCN(CC)Cc1c(O)c(=O)cc(CO)n1CC(C)C. The van der Waals surface area contributed by atoms with Gasteiger partial charge in [0.05, 0.1) is 12.3 Å². The molecule has 20 heavy (non-hydrogen) atoms. The lowest BCUT2D eigenvalue weighted by Crippen LogP contribution is -2.28. The summed E-state index contributed by atoms with van der Waals surface area (Å²) in [7, 11) is 0. The van der Waals surface area contributed by atoms with Crippen LogP contribution in [0, 0.1) is 5.92 Å². The Hall–Kier alpha value is -1.33. The van der Waals surface area contributed by atoms with E-state index in [4.69, 9.17) is 0 Å². The van der Waals surface area contributed by atoms with Gasteiger partial charge < -0.3 is 14.8 Å². The molecular weight excluding hydrogens is 256 g/mol. The number of nitrogens with zero attached hydrogens (tertiary/aromatic N) is 2. The fourth-order valence-electron chi connectivity index (χ4n) is 2.28. The van der Waals surface area contributed by atoms with Crippen LogP contribution in [-0.2, 0) is 19.7 Å². The number of hydrogen-bond acceptors (Lipinski definition) is 4. The van der Waals surface area contributed by atoms with Crippen LogP contribution < -0.4 is 5.43 Å². The van der Waals surface area contributed by atoms with Gasteiger partial charge in [-0.1, -0.05) is 27.7 Å². The maximum Gasteiger partial charge on any atom is 0.223 e. The van der Waals surface area contributed by atoms with E-state index in [2.05, 4.69) is 18.7 Å². The minimum absolute atomic E-state index is 0.199. The average Bonchev–Trinajstić information content (AvgIpc) is 2.42. The van der Waals surface area contributed by atoms with Crippen molar-refractivity contribution in [2.45, 2.75) is 47.4 Å². The predicted molar refractivity (Wildman–Crippen MR) is 79.8 cm³/mol. The van der Waals surface area contributed by atoms with Gasteiger partial charge in [0.1, 0.15) is 0 Å². The zero-order valence-electron chi connectivity index (χ0n) is 12.9. The molecule has 0 amide bonds. The fraction of sp³-hybridized carbons (Fsp3) is 0.667. The number of aliphatic hydroxyl groups excluding tert-OH is 1. The van der Waals surface area contributed by atoms with Crippen LogP contribution in [0.4, 0.5) is 0 Å². The Bertz CT molecular complexity index is 491. The molecule has 0 saturated heterocycles. The zero-order valence-corrected chi connectivity index (χ0v) is 12.9. The molecule has 0 bridgehead atoms. The number of aromatic hydroxyl groups is 1. The molecule has 1 aromatic rings. The maximum absolute atomic E-state index is 11.8. The van der Waals surface area contributed by atoms with E-state index in [0.29, 0.717) is 30.4 Å². The molecule has 5 heteroatoms. The number of aromatic nitrogens is 1. The molecule has 0 spiro atoms. The Labute approximate surface area is 120 Å². The van der Waals surface area contributed by atoms with E-state index < -0.39 is 5.43 Å². The van der Waals surface area contributed by atoms with Crippen molar-refractivity contribution in [1.29, 1.82) is 0 Å². The smallest absolute Gasteiger partial charge is 0.223 e. The molecule has 0 saturated carbocycles. The largest absolute Gasteiger partial charge is 0.503 e. The van der Waals surface area contributed by atoms with E-state index >= 15 is 0 Å². The summed E-state index contributed by atoms with van der Waals surface area (Å²) in [6, 6.07) is 1.32. The highest BCUT2D eigenvalue weighted by Crippen LogP contribution is 2.19. The normalized spacial score (nSPS) is 11.6. The summed E-state index contributed by atoms with van der Waals surface area (Å²) < 4.78 is 1.87. The van der Waals surface area contributed by atoms with Crippen LogP contribution in [0.25, 0.3) is 0 Å². The summed E-state index contributed by atoms with van der Waals surface area (Å²) in [5.41, 5.74) is 0.735. The van der Waals surface area contributed by atoms with Crippen LogP contribution in [0.1, 0.15) is 39.1 Å². The highest BCUT2D eigenvalue weighted by atomic mass is 16.3. The number of rotatable bonds is 7. The van der Waals surface area contributed by atoms with Crippen LogP contribution in [0.2, 0.25) is 0 Å². The van der Waals surface area contributed by atoms with Crippen molar-refractivity contribution in [3.8, 4) is 5.75 Å². The third-order valence-electron chi connectivity index (χ3n) is 3.45. The van der Waals surface area contributed by atoms with Gasteiger partial charge in [-0.05, 0) is 19.0 Å². The van der Waals surface area contributed by atoms with Gasteiger partial charge in [0.15, 0.2) is 5.75 Å². The van der Waals surface area contributed by atoms with E-state index in [-0.39, 0.29) is 12.4 Å². The topological polar surface area (TPSA) is 65.7 Å². The Kier molecular flexibility index (Phi) is 6.23. The Morgan fingerprint density at radius 3 is 2.35 bits per heavy atom. The highest BCUT2D eigenvalue weighted by molar-refractivity contribution is 5.30. The molecule has 0 radical (unpaired) electrons. The maximum atomic E-state index is 11.8. The predicted octanol–water partition coefficient (Wildman–Crippen LogP) is 1.54. The first-order chi connectivity index (χ1) is 9.44.